The van der Waals surface area contributed by atoms with Gasteiger partial charge in [0.2, 0.25) is 5.91 Å². The first-order valence-electron chi connectivity index (χ1n) is 6.97. The molecule has 0 spiro atoms. The first kappa shape index (κ1) is 15.1. The smallest absolute Gasteiger partial charge is 0.220 e. The van der Waals surface area contributed by atoms with Crippen LogP contribution in [0.5, 0.6) is 0 Å². The van der Waals surface area contributed by atoms with Crippen LogP contribution in [0.3, 0.4) is 0 Å². The summed E-state index contributed by atoms with van der Waals surface area (Å²) < 4.78 is 0. The SMILES string of the molecule is Nc1cccc(CCC(=O)NCc2ccc(CO)cc2)c1. The molecule has 0 radical (unpaired) electrons. The summed E-state index contributed by atoms with van der Waals surface area (Å²) in [5.74, 6) is 0.0173. The molecule has 0 fully saturated rings. The minimum absolute atomic E-state index is 0.0173. The van der Waals surface area contributed by atoms with Crippen LogP contribution in [0.1, 0.15) is 23.1 Å². The van der Waals surface area contributed by atoms with E-state index in [1.165, 1.54) is 0 Å². The molecule has 0 atom stereocenters. The second kappa shape index (κ2) is 7.45. The highest BCUT2D eigenvalue weighted by Crippen LogP contribution is 2.09. The van der Waals surface area contributed by atoms with Gasteiger partial charge in [0.15, 0.2) is 0 Å². The highest BCUT2D eigenvalue weighted by molar-refractivity contribution is 5.76. The third-order valence-electron chi connectivity index (χ3n) is 3.29. The van der Waals surface area contributed by atoms with Crippen molar-refractivity contribution < 1.29 is 9.90 Å². The summed E-state index contributed by atoms with van der Waals surface area (Å²) in [6.45, 7) is 0.536. The number of nitrogen functional groups attached to an aromatic ring is 1. The molecule has 0 aliphatic rings. The van der Waals surface area contributed by atoms with E-state index in [9.17, 15) is 4.79 Å². The van der Waals surface area contributed by atoms with E-state index in [1.807, 2.05) is 48.5 Å². The molecule has 2 rings (SSSR count). The summed E-state index contributed by atoms with van der Waals surface area (Å²) in [7, 11) is 0. The van der Waals surface area contributed by atoms with Gasteiger partial charge >= 0.3 is 0 Å². The molecule has 0 saturated heterocycles. The average Bonchev–Trinajstić information content (AvgIpc) is 2.51. The molecule has 0 bridgehead atoms. The summed E-state index contributed by atoms with van der Waals surface area (Å²) in [5.41, 5.74) is 9.38. The molecular formula is C17H20N2O2. The Morgan fingerprint density at radius 2 is 1.76 bits per heavy atom. The molecule has 1 amide bonds. The summed E-state index contributed by atoms with van der Waals surface area (Å²) in [6.07, 6.45) is 1.12. The average molecular weight is 284 g/mol. The van der Waals surface area contributed by atoms with Crippen molar-refractivity contribution >= 4 is 11.6 Å². The standard InChI is InChI=1S/C17H20N2O2/c18-16-3-1-2-13(10-16)8-9-17(21)19-11-14-4-6-15(12-20)7-5-14/h1-7,10,20H,8-9,11-12,18H2,(H,19,21). The number of benzene rings is 2. The first-order valence-corrected chi connectivity index (χ1v) is 6.97. The number of anilines is 1. The molecule has 4 nitrogen and oxygen atoms in total. The van der Waals surface area contributed by atoms with Crippen LogP contribution in [0.15, 0.2) is 48.5 Å². The van der Waals surface area contributed by atoms with E-state index in [1.54, 1.807) is 0 Å². The Kier molecular flexibility index (Phi) is 5.35. The third kappa shape index (κ3) is 4.93. The van der Waals surface area contributed by atoms with E-state index in [2.05, 4.69) is 5.32 Å². The summed E-state index contributed by atoms with van der Waals surface area (Å²) >= 11 is 0. The topological polar surface area (TPSA) is 75.4 Å². The number of rotatable bonds is 6. The Hall–Kier alpha value is -2.33. The van der Waals surface area contributed by atoms with Crippen molar-refractivity contribution in [3.8, 4) is 0 Å². The summed E-state index contributed by atoms with van der Waals surface area (Å²) in [5, 5.41) is 11.9. The number of amides is 1. The first-order chi connectivity index (χ1) is 10.2. The van der Waals surface area contributed by atoms with Gasteiger partial charge in [-0.15, -0.1) is 0 Å². The second-order valence-electron chi connectivity index (χ2n) is 5.00. The van der Waals surface area contributed by atoms with Gasteiger partial charge < -0.3 is 16.2 Å². The number of nitrogens with two attached hydrogens (primary N) is 1. The fourth-order valence-corrected chi connectivity index (χ4v) is 2.06. The summed E-state index contributed by atoms with van der Waals surface area (Å²) in [4.78, 5) is 11.8. The number of hydrogen-bond donors (Lipinski definition) is 3. The quantitative estimate of drug-likeness (QED) is 0.710. The van der Waals surface area contributed by atoms with Crippen molar-refractivity contribution in [3.63, 3.8) is 0 Å². The maximum absolute atomic E-state index is 11.8. The number of aryl methyl sites for hydroxylation is 1. The minimum atomic E-state index is 0.0173. The number of carbonyl (C=O) groups is 1. The fourth-order valence-electron chi connectivity index (χ4n) is 2.06. The zero-order valence-corrected chi connectivity index (χ0v) is 11.9. The molecule has 110 valence electrons. The van der Waals surface area contributed by atoms with Crippen molar-refractivity contribution in [2.45, 2.75) is 26.0 Å². The maximum Gasteiger partial charge on any atom is 0.220 e. The van der Waals surface area contributed by atoms with Gasteiger partial charge in [0, 0.05) is 18.7 Å². The maximum atomic E-state index is 11.8. The predicted octanol–water partition coefficient (Wildman–Crippen LogP) is 2.01. The monoisotopic (exact) mass is 284 g/mol. The van der Waals surface area contributed by atoms with Crippen LogP contribution in [-0.2, 0) is 24.4 Å². The van der Waals surface area contributed by atoms with Crippen molar-refractivity contribution in [1.29, 1.82) is 0 Å². The zero-order chi connectivity index (χ0) is 15.1. The normalized spacial score (nSPS) is 10.3. The van der Waals surface area contributed by atoms with Crippen LogP contribution in [0.2, 0.25) is 0 Å². The molecule has 0 unspecified atom stereocenters. The molecule has 4 N–H and O–H groups in total. The van der Waals surface area contributed by atoms with Crippen LogP contribution < -0.4 is 11.1 Å². The van der Waals surface area contributed by atoms with Crippen molar-refractivity contribution in [3.05, 3.63) is 65.2 Å². The van der Waals surface area contributed by atoms with Gasteiger partial charge in [-0.25, -0.2) is 0 Å². The molecule has 21 heavy (non-hydrogen) atoms. The van der Waals surface area contributed by atoms with Crippen molar-refractivity contribution in [2.24, 2.45) is 0 Å². The molecule has 0 heterocycles. The molecule has 0 saturated carbocycles. The number of nitrogens with one attached hydrogen (secondary N) is 1. The Morgan fingerprint density at radius 1 is 1.05 bits per heavy atom. The molecule has 2 aromatic carbocycles. The molecule has 4 heteroatoms. The lowest BCUT2D eigenvalue weighted by Crippen LogP contribution is -2.23. The predicted molar refractivity (Wildman–Crippen MR) is 83.4 cm³/mol. The van der Waals surface area contributed by atoms with Gasteiger partial charge in [-0.1, -0.05) is 36.4 Å². The van der Waals surface area contributed by atoms with Gasteiger partial charge in [-0.2, -0.15) is 0 Å². The van der Waals surface area contributed by atoms with Gasteiger partial charge in [0.1, 0.15) is 0 Å². The Balaban J connectivity index is 1.76. The van der Waals surface area contributed by atoms with Crippen molar-refractivity contribution in [1.82, 2.24) is 5.32 Å². The minimum Gasteiger partial charge on any atom is -0.399 e. The van der Waals surface area contributed by atoms with Crippen LogP contribution in [0.4, 0.5) is 5.69 Å². The largest absolute Gasteiger partial charge is 0.399 e. The fraction of sp³-hybridized carbons (Fsp3) is 0.235. The van der Waals surface area contributed by atoms with E-state index in [0.29, 0.717) is 19.4 Å². The van der Waals surface area contributed by atoms with Crippen LogP contribution in [0, 0.1) is 0 Å². The van der Waals surface area contributed by atoms with E-state index >= 15 is 0 Å². The molecular weight excluding hydrogens is 264 g/mol. The van der Waals surface area contributed by atoms with E-state index in [-0.39, 0.29) is 12.5 Å². The Morgan fingerprint density at radius 3 is 2.43 bits per heavy atom. The van der Waals surface area contributed by atoms with Gasteiger partial charge in [-0.05, 0) is 35.2 Å². The van der Waals surface area contributed by atoms with E-state index < -0.39 is 0 Å². The number of aliphatic hydroxyl groups is 1. The lowest BCUT2D eigenvalue weighted by molar-refractivity contribution is -0.121. The van der Waals surface area contributed by atoms with Crippen LogP contribution >= 0.6 is 0 Å². The molecule has 0 aliphatic carbocycles. The van der Waals surface area contributed by atoms with E-state index in [0.717, 1.165) is 22.4 Å². The lowest BCUT2D eigenvalue weighted by atomic mass is 10.1. The van der Waals surface area contributed by atoms with Crippen LogP contribution in [0.25, 0.3) is 0 Å². The molecule has 2 aromatic rings. The highest BCUT2D eigenvalue weighted by atomic mass is 16.3. The summed E-state index contributed by atoms with van der Waals surface area (Å²) in [6, 6.07) is 15.1. The zero-order valence-electron chi connectivity index (χ0n) is 11.9. The number of hydrogen-bond acceptors (Lipinski definition) is 3. The molecule has 0 aromatic heterocycles. The highest BCUT2D eigenvalue weighted by Gasteiger charge is 2.03. The van der Waals surface area contributed by atoms with Crippen molar-refractivity contribution in [2.75, 3.05) is 5.73 Å². The number of carbonyl (C=O) groups excluding carboxylic acids is 1. The van der Waals surface area contributed by atoms with Gasteiger partial charge in [0.05, 0.1) is 6.61 Å². The van der Waals surface area contributed by atoms with E-state index in [4.69, 9.17) is 10.8 Å². The third-order valence-corrected chi connectivity index (χ3v) is 3.29. The number of aliphatic hydroxyl groups excluding tert-OH is 1. The second-order valence-corrected chi connectivity index (χ2v) is 5.00. The lowest BCUT2D eigenvalue weighted by Gasteiger charge is -2.06. The molecule has 0 aliphatic heterocycles. The van der Waals surface area contributed by atoms with Gasteiger partial charge in [0.25, 0.3) is 0 Å². The Bertz CT molecular complexity index is 594. The Labute approximate surface area is 124 Å². The van der Waals surface area contributed by atoms with Gasteiger partial charge in [-0.3, -0.25) is 4.79 Å². The van der Waals surface area contributed by atoms with Crippen LogP contribution in [-0.4, -0.2) is 11.0 Å².